The minimum atomic E-state index is -0.902. The first-order valence-corrected chi connectivity index (χ1v) is 10.1. The van der Waals surface area contributed by atoms with Gasteiger partial charge in [0.25, 0.3) is 0 Å². The van der Waals surface area contributed by atoms with Gasteiger partial charge in [-0.05, 0) is 63.0 Å². The summed E-state index contributed by atoms with van der Waals surface area (Å²) in [6.45, 7) is 6.46. The second-order valence-corrected chi connectivity index (χ2v) is 7.02. The van der Waals surface area contributed by atoms with Crippen LogP contribution in [0.2, 0.25) is 0 Å². The third-order valence-electron chi connectivity index (χ3n) is 5.01. The summed E-state index contributed by atoms with van der Waals surface area (Å²) in [6.07, 6.45) is 3.34. The summed E-state index contributed by atoms with van der Waals surface area (Å²) in [6, 6.07) is 8.43. The molecule has 150 valence electrons. The molecular formula is C22H32O5. The van der Waals surface area contributed by atoms with Crippen LogP contribution in [-0.4, -0.2) is 37.9 Å². The summed E-state index contributed by atoms with van der Waals surface area (Å²) < 4.78 is 16.2. The lowest BCUT2D eigenvalue weighted by molar-refractivity contribution is -0.171. The van der Waals surface area contributed by atoms with E-state index < -0.39 is 18.0 Å². The molecule has 2 unspecified atom stereocenters. The quantitative estimate of drug-likeness (QED) is 0.583. The normalized spacial score (nSPS) is 18.3. The highest BCUT2D eigenvalue weighted by Gasteiger charge is 2.39. The van der Waals surface area contributed by atoms with E-state index >= 15 is 0 Å². The third-order valence-corrected chi connectivity index (χ3v) is 5.01. The molecular weight excluding hydrogens is 344 g/mol. The SMILES string of the molecule is CCCO[C@H](C(=O)OCC)C(CC1CCc2ccccc2C1)C(=O)OCC. The summed E-state index contributed by atoms with van der Waals surface area (Å²) in [5.74, 6) is -1.16. The van der Waals surface area contributed by atoms with E-state index in [2.05, 4.69) is 24.3 Å². The number of fused-ring (bicyclic) bond motifs is 1. The molecule has 0 heterocycles. The van der Waals surface area contributed by atoms with Crippen molar-refractivity contribution < 1.29 is 23.8 Å². The van der Waals surface area contributed by atoms with Crippen LogP contribution in [0.4, 0.5) is 0 Å². The maximum absolute atomic E-state index is 12.7. The van der Waals surface area contributed by atoms with Crippen LogP contribution in [0.15, 0.2) is 24.3 Å². The first-order chi connectivity index (χ1) is 13.1. The van der Waals surface area contributed by atoms with E-state index in [1.165, 1.54) is 11.1 Å². The van der Waals surface area contributed by atoms with Gasteiger partial charge in [-0.2, -0.15) is 0 Å². The number of hydrogen-bond acceptors (Lipinski definition) is 5. The van der Waals surface area contributed by atoms with Gasteiger partial charge in [0.15, 0.2) is 6.10 Å². The van der Waals surface area contributed by atoms with Gasteiger partial charge in [0.1, 0.15) is 0 Å². The maximum atomic E-state index is 12.7. The molecule has 0 N–H and O–H groups in total. The van der Waals surface area contributed by atoms with Gasteiger partial charge in [-0.1, -0.05) is 31.2 Å². The van der Waals surface area contributed by atoms with Crippen LogP contribution >= 0.6 is 0 Å². The Labute approximate surface area is 162 Å². The summed E-state index contributed by atoms with van der Waals surface area (Å²) in [4.78, 5) is 25.2. The lowest BCUT2D eigenvalue weighted by Gasteiger charge is -2.30. The zero-order valence-electron chi connectivity index (χ0n) is 16.7. The first-order valence-electron chi connectivity index (χ1n) is 10.1. The van der Waals surface area contributed by atoms with E-state index in [1.807, 2.05) is 6.92 Å². The van der Waals surface area contributed by atoms with Crippen LogP contribution in [0, 0.1) is 11.8 Å². The van der Waals surface area contributed by atoms with Crippen LogP contribution in [0.25, 0.3) is 0 Å². The molecule has 5 nitrogen and oxygen atoms in total. The molecule has 0 bridgehead atoms. The van der Waals surface area contributed by atoms with Gasteiger partial charge in [-0.15, -0.1) is 0 Å². The molecule has 1 aromatic rings. The van der Waals surface area contributed by atoms with Crippen molar-refractivity contribution in [1.29, 1.82) is 0 Å². The van der Waals surface area contributed by atoms with Crippen molar-refractivity contribution in [2.24, 2.45) is 11.8 Å². The van der Waals surface area contributed by atoms with Gasteiger partial charge in [0.05, 0.1) is 19.1 Å². The number of carbonyl (C=O) groups is 2. The monoisotopic (exact) mass is 376 g/mol. The average Bonchev–Trinajstić information content (AvgIpc) is 2.67. The standard InChI is InChI=1S/C22H32O5/c1-4-13-27-20(22(24)26-6-3)19(21(23)25-5-2)15-16-11-12-17-9-7-8-10-18(17)14-16/h7-10,16,19-20H,4-6,11-15H2,1-3H3/t16?,19?,20-/m0/s1. The molecule has 0 fully saturated rings. The van der Waals surface area contributed by atoms with Crippen LogP contribution in [0.5, 0.6) is 0 Å². The zero-order chi connectivity index (χ0) is 19.6. The van der Waals surface area contributed by atoms with E-state index in [-0.39, 0.29) is 19.2 Å². The Morgan fingerprint density at radius 3 is 2.37 bits per heavy atom. The Balaban J connectivity index is 2.16. The molecule has 0 amide bonds. The molecule has 0 radical (unpaired) electrons. The van der Waals surface area contributed by atoms with E-state index in [9.17, 15) is 9.59 Å². The molecule has 0 aliphatic heterocycles. The number of carbonyl (C=O) groups excluding carboxylic acids is 2. The van der Waals surface area contributed by atoms with Crippen molar-refractivity contribution in [2.45, 2.75) is 59.0 Å². The van der Waals surface area contributed by atoms with Crippen molar-refractivity contribution in [3.8, 4) is 0 Å². The predicted molar refractivity (Wildman–Crippen MR) is 103 cm³/mol. The van der Waals surface area contributed by atoms with Gasteiger partial charge < -0.3 is 14.2 Å². The second kappa shape index (κ2) is 11.1. The fourth-order valence-electron chi connectivity index (χ4n) is 3.74. The highest BCUT2D eigenvalue weighted by Crippen LogP contribution is 2.32. The highest BCUT2D eigenvalue weighted by atomic mass is 16.6. The number of esters is 2. The number of rotatable bonds is 10. The molecule has 2 rings (SSSR count). The zero-order valence-corrected chi connectivity index (χ0v) is 16.7. The molecule has 0 saturated carbocycles. The fraction of sp³-hybridized carbons (Fsp3) is 0.636. The smallest absolute Gasteiger partial charge is 0.336 e. The van der Waals surface area contributed by atoms with Crippen molar-refractivity contribution in [3.63, 3.8) is 0 Å². The molecule has 27 heavy (non-hydrogen) atoms. The maximum Gasteiger partial charge on any atom is 0.336 e. The van der Waals surface area contributed by atoms with Crippen molar-refractivity contribution in [2.75, 3.05) is 19.8 Å². The number of aryl methyl sites for hydroxylation is 1. The van der Waals surface area contributed by atoms with Gasteiger partial charge in [0, 0.05) is 6.61 Å². The summed E-state index contributed by atoms with van der Waals surface area (Å²) >= 11 is 0. The predicted octanol–water partition coefficient (Wildman–Crippen LogP) is 3.72. The molecule has 1 aliphatic carbocycles. The minimum Gasteiger partial charge on any atom is -0.466 e. The topological polar surface area (TPSA) is 61.8 Å². The van der Waals surface area contributed by atoms with Crippen molar-refractivity contribution in [1.82, 2.24) is 0 Å². The minimum absolute atomic E-state index is 0.261. The van der Waals surface area contributed by atoms with E-state index in [1.54, 1.807) is 13.8 Å². The average molecular weight is 376 g/mol. The summed E-state index contributed by atoms with van der Waals surface area (Å²) in [5, 5.41) is 0. The van der Waals surface area contributed by atoms with Gasteiger partial charge in [0.2, 0.25) is 0 Å². The summed E-state index contributed by atoms with van der Waals surface area (Å²) in [7, 11) is 0. The Morgan fingerprint density at radius 1 is 1.04 bits per heavy atom. The fourth-order valence-corrected chi connectivity index (χ4v) is 3.74. The number of benzene rings is 1. The third kappa shape index (κ3) is 6.06. The van der Waals surface area contributed by atoms with Crippen molar-refractivity contribution >= 4 is 11.9 Å². The highest BCUT2D eigenvalue weighted by molar-refractivity contribution is 5.84. The second-order valence-electron chi connectivity index (χ2n) is 7.02. The lowest BCUT2D eigenvalue weighted by Crippen LogP contribution is -2.41. The molecule has 0 aromatic heterocycles. The van der Waals surface area contributed by atoms with Gasteiger partial charge >= 0.3 is 11.9 Å². The van der Waals surface area contributed by atoms with E-state index in [0.717, 1.165) is 25.7 Å². The van der Waals surface area contributed by atoms with Gasteiger partial charge in [-0.3, -0.25) is 4.79 Å². The molecule has 3 atom stereocenters. The van der Waals surface area contributed by atoms with Crippen molar-refractivity contribution in [3.05, 3.63) is 35.4 Å². The largest absolute Gasteiger partial charge is 0.466 e. The Bertz CT molecular complexity index is 612. The van der Waals surface area contributed by atoms with E-state index in [0.29, 0.717) is 18.9 Å². The number of ether oxygens (including phenoxy) is 3. The Morgan fingerprint density at radius 2 is 1.70 bits per heavy atom. The van der Waals surface area contributed by atoms with Crippen LogP contribution < -0.4 is 0 Å². The van der Waals surface area contributed by atoms with Crippen LogP contribution in [0.3, 0.4) is 0 Å². The van der Waals surface area contributed by atoms with E-state index in [4.69, 9.17) is 14.2 Å². The Kier molecular flexibility index (Phi) is 8.79. The molecule has 1 aliphatic rings. The molecule has 5 heteroatoms. The summed E-state index contributed by atoms with van der Waals surface area (Å²) in [5.41, 5.74) is 2.71. The molecule has 0 saturated heterocycles. The lowest BCUT2D eigenvalue weighted by atomic mass is 9.78. The van der Waals surface area contributed by atoms with Crippen LogP contribution in [-0.2, 0) is 36.6 Å². The molecule has 1 aromatic carbocycles. The molecule has 0 spiro atoms. The Hall–Kier alpha value is -1.88. The van der Waals surface area contributed by atoms with Crippen LogP contribution in [0.1, 0.15) is 51.2 Å². The van der Waals surface area contributed by atoms with Gasteiger partial charge in [-0.25, -0.2) is 4.79 Å². The number of hydrogen-bond donors (Lipinski definition) is 0. The first kappa shape index (κ1) is 21.4.